The number of carbonyl (C=O) groups is 1. The molecule has 25 heavy (non-hydrogen) atoms. The van der Waals surface area contributed by atoms with Gasteiger partial charge >= 0.3 is 5.76 Å². The van der Waals surface area contributed by atoms with Gasteiger partial charge in [0.25, 0.3) is 0 Å². The molecule has 0 atom stereocenters. The standard InChI is InChI=1S/C18H16BrN3O3/c1-11-7-8-15(14(19)9-11)20-16(23)10-22-17(21-25-18(22)24)13-6-4-3-5-12(13)2/h3-9H,10H2,1-2H3,(H,20,23). The van der Waals surface area contributed by atoms with Crippen molar-refractivity contribution in [3.8, 4) is 11.4 Å². The zero-order chi connectivity index (χ0) is 18.0. The molecule has 3 aromatic rings. The zero-order valence-corrected chi connectivity index (χ0v) is 15.3. The van der Waals surface area contributed by atoms with Crippen LogP contribution in [0.25, 0.3) is 11.4 Å². The minimum atomic E-state index is -0.670. The Morgan fingerprint density at radius 1 is 1.24 bits per heavy atom. The van der Waals surface area contributed by atoms with E-state index in [1.54, 1.807) is 6.07 Å². The molecule has 0 aliphatic carbocycles. The Kier molecular flexibility index (Phi) is 4.85. The molecule has 2 aromatic carbocycles. The molecule has 1 heterocycles. The number of halogens is 1. The number of benzene rings is 2. The fraction of sp³-hybridized carbons (Fsp3) is 0.167. The fourth-order valence-corrected chi connectivity index (χ4v) is 3.07. The first-order valence-corrected chi connectivity index (χ1v) is 8.43. The Morgan fingerprint density at radius 3 is 2.72 bits per heavy atom. The van der Waals surface area contributed by atoms with Gasteiger partial charge in [-0.1, -0.05) is 35.5 Å². The van der Waals surface area contributed by atoms with E-state index in [1.165, 1.54) is 4.57 Å². The number of hydrogen-bond acceptors (Lipinski definition) is 4. The second-order valence-electron chi connectivity index (χ2n) is 5.70. The van der Waals surface area contributed by atoms with E-state index in [9.17, 15) is 9.59 Å². The average Bonchev–Trinajstić information content (AvgIpc) is 2.91. The number of nitrogens with one attached hydrogen (secondary N) is 1. The van der Waals surface area contributed by atoms with Crippen LogP contribution in [-0.4, -0.2) is 15.6 Å². The molecule has 3 rings (SSSR count). The Bertz CT molecular complexity index is 991. The molecule has 1 N–H and O–H groups in total. The minimum absolute atomic E-state index is 0.188. The predicted molar refractivity (Wildman–Crippen MR) is 98.4 cm³/mol. The lowest BCUT2D eigenvalue weighted by molar-refractivity contribution is -0.116. The molecule has 1 aromatic heterocycles. The highest BCUT2D eigenvalue weighted by Crippen LogP contribution is 2.24. The van der Waals surface area contributed by atoms with E-state index in [-0.39, 0.29) is 12.5 Å². The third-order valence-corrected chi connectivity index (χ3v) is 4.43. The second-order valence-corrected chi connectivity index (χ2v) is 6.56. The molecule has 0 aliphatic heterocycles. The zero-order valence-electron chi connectivity index (χ0n) is 13.7. The summed E-state index contributed by atoms with van der Waals surface area (Å²) >= 11 is 3.41. The molecule has 0 bridgehead atoms. The topological polar surface area (TPSA) is 77.1 Å². The lowest BCUT2D eigenvalue weighted by Gasteiger charge is -2.09. The van der Waals surface area contributed by atoms with E-state index in [2.05, 4.69) is 26.4 Å². The van der Waals surface area contributed by atoms with Crippen LogP contribution >= 0.6 is 15.9 Å². The second kappa shape index (κ2) is 7.06. The smallest absolute Gasteiger partial charge is 0.323 e. The van der Waals surface area contributed by atoms with Gasteiger partial charge in [-0.25, -0.2) is 9.36 Å². The Hall–Kier alpha value is -2.67. The molecule has 0 saturated carbocycles. The van der Waals surface area contributed by atoms with Crippen LogP contribution in [0.1, 0.15) is 11.1 Å². The van der Waals surface area contributed by atoms with Crippen LogP contribution in [0.2, 0.25) is 0 Å². The molecule has 0 aliphatic rings. The SMILES string of the molecule is Cc1ccc(NC(=O)Cn2c(-c3ccccc3C)noc2=O)c(Br)c1. The summed E-state index contributed by atoms with van der Waals surface area (Å²) in [6.45, 7) is 3.68. The molecule has 6 nitrogen and oxygen atoms in total. The summed E-state index contributed by atoms with van der Waals surface area (Å²) in [6.07, 6.45) is 0. The summed E-state index contributed by atoms with van der Waals surface area (Å²) in [7, 11) is 0. The Morgan fingerprint density at radius 2 is 2.00 bits per heavy atom. The fourth-order valence-electron chi connectivity index (χ4n) is 2.48. The summed E-state index contributed by atoms with van der Waals surface area (Å²) in [4.78, 5) is 24.3. The first kappa shape index (κ1) is 17.2. The number of rotatable bonds is 4. The van der Waals surface area contributed by atoms with Crippen LogP contribution in [0.3, 0.4) is 0 Å². The van der Waals surface area contributed by atoms with Gasteiger partial charge in [0.1, 0.15) is 6.54 Å². The Labute approximate surface area is 152 Å². The van der Waals surface area contributed by atoms with Gasteiger partial charge in [-0.2, -0.15) is 0 Å². The van der Waals surface area contributed by atoms with E-state index in [4.69, 9.17) is 4.52 Å². The number of aryl methyl sites for hydroxylation is 2. The first-order valence-electron chi connectivity index (χ1n) is 7.64. The van der Waals surface area contributed by atoms with Crippen molar-refractivity contribution in [2.75, 3.05) is 5.32 Å². The summed E-state index contributed by atoms with van der Waals surface area (Å²) in [5, 5.41) is 6.60. The van der Waals surface area contributed by atoms with Crippen LogP contribution in [0.5, 0.6) is 0 Å². The van der Waals surface area contributed by atoms with Crippen LogP contribution in [0.4, 0.5) is 5.69 Å². The van der Waals surface area contributed by atoms with Gasteiger partial charge in [0, 0.05) is 10.0 Å². The summed E-state index contributed by atoms with van der Waals surface area (Å²) in [5.41, 5.74) is 3.39. The maximum absolute atomic E-state index is 12.4. The van der Waals surface area contributed by atoms with Crippen molar-refractivity contribution < 1.29 is 9.32 Å². The number of amides is 1. The molecule has 128 valence electrons. The van der Waals surface area contributed by atoms with Gasteiger partial charge in [-0.3, -0.25) is 9.32 Å². The number of anilines is 1. The van der Waals surface area contributed by atoms with Gasteiger partial charge in [-0.05, 0) is 53.0 Å². The van der Waals surface area contributed by atoms with Crippen LogP contribution in [0.15, 0.2) is 56.3 Å². The maximum Gasteiger partial charge on any atom is 0.442 e. The summed E-state index contributed by atoms with van der Waals surface area (Å²) in [6, 6.07) is 13.1. The van der Waals surface area contributed by atoms with Gasteiger partial charge < -0.3 is 5.32 Å². The highest BCUT2D eigenvalue weighted by molar-refractivity contribution is 9.10. The molecule has 0 fully saturated rings. The Balaban J connectivity index is 1.86. The monoisotopic (exact) mass is 401 g/mol. The van der Waals surface area contributed by atoms with Gasteiger partial charge in [0.2, 0.25) is 5.91 Å². The van der Waals surface area contributed by atoms with E-state index in [0.29, 0.717) is 11.5 Å². The van der Waals surface area contributed by atoms with Crippen molar-refractivity contribution in [1.82, 2.24) is 9.72 Å². The molecular formula is C18H16BrN3O3. The largest absolute Gasteiger partial charge is 0.442 e. The van der Waals surface area contributed by atoms with Gasteiger partial charge in [0.15, 0.2) is 5.82 Å². The molecule has 1 amide bonds. The van der Waals surface area contributed by atoms with Gasteiger partial charge in [0.05, 0.1) is 5.69 Å². The normalized spacial score (nSPS) is 10.7. The van der Waals surface area contributed by atoms with E-state index in [1.807, 2.05) is 50.2 Å². The van der Waals surface area contributed by atoms with E-state index < -0.39 is 5.76 Å². The lowest BCUT2D eigenvalue weighted by Crippen LogP contribution is -2.25. The number of carbonyl (C=O) groups excluding carboxylic acids is 1. The van der Waals surface area contributed by atoms with Crippen LogP contribution in [-0.2, 0) is 11.3 Å². The van der Waals surface area contributed by atoms with Crippen molar-refractivity contribution in [3.05, 3.63) is 68.6 Å². The maximum atomic E-state index is 12.4. The molecule has 0 unspecified atom stereocenters. The molecular weight excluding hydrogens is 386 g/mol. The third kappa shape index (κ3) is 3.71. The quantitative estimate of drug-likeness (QED) is 0.725. The van der Waals surface area contributed by atoms with Crippen molar-refractivity contribution in [2.45, 2.75) is 20.4 Å². The number of hydrogen-bond donors (Lipinski definition) is 1. The van der Waals surface area contributed by atoms with Crippen molar-refractivity contribution in [3.63, 3.8) is 0 Å². The predicted octanol–water partition coefficient (Wildman–Crippen LogP) is 3.52. The van der Waals surface area contributed by atoms with Crippen LogP contribution in [0, 0.1) is 13.8 Å². The van der Waals surface area contributed by atoms with Gasteiger partial charge in [-0.15, -0.1) is 0 Å². The highest BCUT2D eigenvalue weighted by atomic mass is 79.9. The van der Waals surface area contributed by atoms with Crippen LogP contribution < -0.4 is 11.1 Å². The third-order valence-electron chi connectivity index (χ3n) is 3.77. The molecule has 0 saturated heterocycles. The lowest BCUT2D eigenvalue weighted by atomic mass is 10.1. The first-order chi connectivity index (χ1) is 12.0. The highest BCUT2D eigenvalue weighted by Gasteiger charge is 2.17. The number of nitrogens with zero attached hydrogens (tertiary/aromatic N) is 2. The molecule has 0 spiro atoms. The number of aromatic nitrogens is 2. The van der Waals surface area contributed by atoms with E-state index >= 15 is 0 Å². The minimum Gasteiger partial charge on any atom is -0.323 e. The summed E-state index contributed by atoms with van der Waals surface area (Å²) in [5.74, 6) is -0.678. The molecule has 7 heteroatoms. The summed E-state index contributed by atoms with van der Waals surface area (Å²) < 4.78 is 6.76. The average molecular weight is 402 g/mol. The van der Waals surface area contributed by atoms with E-state index in [0.717, 1.165) is 21.2 Å². The van der Waals surface area contributed by atoms with Crippen molar-refractivity contribution in [2.24, 2.45) is 0 Å². The van der Waals surface area contributed by atoms with Crippen molar-refractivity contribution in [1.29, 1.82) is 0 Å². The molecule has 0 radical (unpaired) electrons. The van der Waals surface area contributed by atoms with Crippen molar-refractivity contribution >= 4 is 27.5 Å².